The van der Waals surface area contributed by atoms with Gasteiger partial charge < -0.3 is 4.42 Å². The molecule has 0 radical (unpaired) electrons. The maximum absolute atomic E-state index is 12.3. The van der Waals surface area contributed by atoms with E-state index in [-0.39, 0.29) is 11.5 Å². The minimum Gasteiger partial charge on any atom is -0.397 e. The molecule has 102 valence electrons. The molecule has 0 saturated heterocycles. The van der Waals surface area contributed by atoms with Crippen molar-refractivity contribution in [1.29, 1.82) is 0 Å². The second kappa shape index (κ2) is 4.92. The number of benzene rings is 1. The van der Waals surface area contributed by atoms with Crippen LogP contribution in [0.25, 0.3) is 0 Å². The van der Waals surface area contributed by atoms with Crippen LogP contribution in [0.3, 0.4) is 0 Å². The van der Waals surface area contributed by atoms with Gasteiger partial charge in [0.1, 0.15) is 4.92 Å². The highest BCUT2D eigenvalue weighted by molar-refractivity contribution is 6.07. The van der Waals surface area contributed by atoms with Crippen molar-refractivity contribution >= 4 is 11.7 Å². The molecule has 5 nitrogen and oxygen atoms in total. The van der Waals surface area contributed by atoms with Gasteiger partial charge in [-0.15, -0.1) is 0 Å². The van der Waals surface area contributed by atoms with Crippen LogP contribution in [-0.2, 0) is 12.8 Å². The average Bonchev–Trinajstić information content (AvgIpc) is 2.96. The van der Waals surface area contributed by atoms with Gasteiger partial charge in [0, 0.05) is 5.56 Å². The predicted molar refractivity (Wildman–Crippen MR) is 71.9 cm³/mol. The van der Waals surface area contributed by atoms with Crippen LogP contribution < -0.4 is 0 Å². The minimum absolute atomic E-state index is 0.00691. The Balaban J connectivity index is 1.91. The van der Waals surface area contributed by atoms with Crippen LogP contribution in [-0.4, -0.2) is 10.7 Å². The van der Waals surface area contributed by atoms with Crippen molar-refractivity contribution in [2.45, 2.75) is 25.7 Å². The van der Waals surface area contributed by atoms with Crippen LogP contribution in [0.4, 0.5) is 5.88 Å². The Labute approximate surface area is 115 Å². The number of carbonyl (C=O) groups excluding carboxylic acids is 1. The van der Waals surface area contributed by atoms with Crippen LogP contribution >= 0.6 is 0 Å². The molecule has 0 N–H and O–H groups in total. The van der Waals surface area contributed by atoms with E-state index in [2.05, 4.69) is 0 Å². The number of carbonyl (C=O) groups is 1. The molecule has 3 rings (SSSR count). The fourth-order valence-electron chi connectivity index (χ4n) is 2.56. The zero-order valence-corrected chi connectivity index (χ0v) is 10.8. The largest absolute Gasteiger partial charge is 0.433 e. The molecule has 1 heterocycles. The van der Waals surface area contributed by atoms with E-state index in [1.807, 2.05) is 12.1 Å². The monoisotopic (exact) mass is 271 g/mol. The van der Waals surface area contributed by atoms with E-state index < -0.39 is 10.8 Å². The molecule has 0 unspecified atom stereocenters. The minimum atomic E-state index is -0.649. The van der Waals surface area contributed by atoms with Crippen molar-refractivity contribution in [3.8, 4) is 0 Å². The standard InChI is InChI=1S/C15H13NO4/c17-15(13-7-8-14(20-13)16(18)19)12-6-5-10-3-1-2-4-11(10)9-12/h5-9H,1-4H2. The highest BCUT2D eigenvalue weighted by Gasteiger charge is 2.20. The van der Waals surface area contributed by atoms with Crippen LogP contribution in [0.15, 0.2) is 34.7 Å². The van der Waals surface area contributed by atoms with Gasteiger partial charge in [-0.3, -0.25) is 14.9 Å². The molecule has 0 fully saturated rings. The molecule has 0 aliphatic heterocycles. The number of hydrogen-bond donors (Lipinski definition) is 0. The summed E-state index contributed by atoms with van der Waals surface area (Å²) in [6.07, 6.45) is 4.35. The Bertz CT molecular complexity index is 687. The summed E-state index contributed by atoms with van der Waals surface area (Å²) in [6.45, 7) is 0. The highest BCUT2D eigenvalue weighted by Crippen LogP contribution is 2.24. The third kappa shape index (κ3) is 2.22. The van der Waals surface area contributed by atoms with Gasteiger partial charge in [-0.05, 0) is 48.9 Å². The SMILES string of the molecule is O=C(c1ccc2c(c1)CCCC2)c1ccc([N+](=O)[O-])o1. The van der Waals surface area contributed by atoms with Crippen LogP contribution in [0.2, 0.25) is 0 Å². The molecule has 1 aliphatic carbocycles. The number of aryl methyl sites for hydroxylation is 2. The molecular weight excluding hydrogens is 258 g/mol. The van der Waals surface area contributed by atoms with Crippen molar-refractivity contribution in [1.82, 2.24) is 0 Å². The Hall–Kier alpha value is -2.43. The molecule has 5 heteroatoms. The number of rotatable bonds is 3. The summed E-state index contributed by atoms with van der Waals surface area (Å²) in [5.74, 6) is -0.717. The number of nitrogens with zero attached hydrogens (tertiary/aromatic N) is 1. The molecule has 0 atom stereocenters. The summed E-state index contributed by atoms with van der Waals surface area (Å²) in [5, 5.41) is 10.6. The fraction of sp³-hybridized carbons (Fsp3) is 0.267. The fourth-order valence-corrected chi connectivity index (χ4v) is 2.56. The molecule has 1 aromatic heterocycles. The first kappa shape index (κ1) is 12.6. The summed E-state index contributed by atoms with van der Waals surface area (Å²) in [6, 6.07) is 8.16. The van der Waals surface area contributed by atoms with Crippen LogP contribution in [0.5, 0.6) is 0 Å². The number of ketones is 1. The molecule has 20 heavy (non-hydrogen) atoms. The lowest BCUT2D eigenvalue weighted by Crippen LogP contribution is -2.06. The first-order valence-corrected chi connectivity index (χ1v) is 6.56. The van der Waals surface area contributed by atoms with E-state index in [9.17, 15) is 14.9 Å². The van der Waals surface area contributed by atoms with E-state index in [0.717, 1.165) is 19.3 Å². The van der Waals surface area contributed by atoms with Gasteiger partial charge in [0.05, 0.1) is 6.07 Å². The Kier molecular flexibility index (Phi) is 3.10. The van der Waals surface area contributed by atoms with E-state index in [0.29, 0.717) is 5.56 Å². The van der Waals surface area contributed by atoms with E-state index >= 15 is 0 Å². The number of fused-ring (bicyclic) bond motifs is 1. The lowest BCUT2D eigenvalue weighted by atomic mass is 9.89. The quantitative estimate of drug-likeness (QED) is 0.487. The summed E-state index contributed by atoms with van der Waals surface area (Å²) >= 11 is 0. The van der Waals surface area contributed by atoms with Gasteiger partial charge >= 0.3 is 5.88 Å². The van der Waals surface area contributed by atoms with Gasteiger partial charge in [-0.1, -0.05) is 12.1 Å². The van der Waals surface area contributed by atoms with Gasteiger partial charge in [0.2, 0.25) is 5.78 Å². The van der Waals surface area contributed by atoms with Gasteiger partial charge in [0.25, 0.3) is 0 Å². The smallest absolute Gasteiger partial charge is 0.397 e. The van der Waals surface area contributed by atoms with E-state index in [4.69, 9.17) is 4.42 Å². The number of hydrogen-bond acceptors (Lipinski definition) is 4. The highest BCUT2D eigenvalue weighted by atomic mass is 16.6. The molecule has 1 aliphatic rings. The number of nitro groups is 1. The Morgan fingerprint density at radius 1 is 1.10 bits per heavy atom. The molecule has 0 spiro atoms. The average molecular weight is 271 g/mol. The van der Waals surface area contributed by atoms with Crippen molar-refractivity contribution in [2.75, 3.05) is 0 Å². The Morgan fingerprint density at radius 3 is 2.55 bits per heavy atom. The summed E-state index contributed by atoms with van der Waals surface area (Å²) in [7, 11) is 0. The normalized spacial score (nSPS) is 13.8. The van der Waals surface area contributed by atoms with E-state index in [1.54, 1.807) is 6.07 Å². The molecule has 0 saturated carbocycles. The van der Waals surface area contributed by atoms with Crippen LogP contribution in [0, 0.1) is 10.1 Å². The summed E-state index contributed by atoms with van der Waals surface area (Å²) in [4.78, 5) is 22.2. The maximum Gasteiger partial charge on any atom is 0.433 e. The summed E-state index contributed by atoms with van der Waals surface area (Å²) < 4.78 is 4.96. The zero-order chi connectivity index (χ0) is 14.1. The van der Waals surface area contributed by atoms with Gasteiger partial charge in [-0.2, -0.15) is 0 Å². The van der Waals surface area contributed by atoms with Crippen molar-refractivity contribution in [3.05, 3.63) is 62.9 Å². The Morgan fingerprint density at radius 2 is 1.85 bits per heavy atom. The van der Waals surface area contributed by atoms with Gasteiger partial charge in [-0.25, -0.2) is 0 Å². The van der Waals surface area contributed by atoms with Crippen LogP contribution in [0.1, 0.15) is 40.1 Å². The second-order valence-corrected chi connectivity index (χ2v) is 4.91. The van der Waals surface area contributed by atoms with Crippen molar-refractivity contribution in [3.63, 3.8) is 0 Å². The van der Waals surface area contributed by atoms with Gasteiger partial charge in [0.15, 0.2) is 5.76 Å². The molecule has 2 aromatic rings. The van der Waals surface area contributed by atoms with E-state index in [1.165, 1.54) is 29.7 Å². The molecule has 1 aromatic carbocycles. The lowest BCUT2D eigenvalue weighted by Gasteiger charge is -2.15. The summed E-state index contributed by atoms with van der Waals surface area (Å²) in [5.41, 5.74) is 3.01. The maximum atomic E-state index is 12.3. The van der Waals surface area contributed by atoms with Crippen molar-refractivity contribution in [2.24, 2.45) is 0 Å². The topological polar surface area (TPSA) is 73.3 Å². The molecular formula is C15H13NO4. The second-order valence-electron chi connectivity index (χ2n) is 4.91. The number of furan rings is 1. The first-order valence-electron chi connectivity index (χ1n) is 6.56. The molecule has 0 bridgehead atoms. The van der Waals surface area contributed by atoms with Crippen molar-refractivity contribution < 1.29 is 14.1 Å². The first-order chi connectivity index (χ1) is 9.65. The zero-order valence-electron chi connectivity index (χ0n) is 10.8. The lowest BCUT2D eigenvalue weighted by molar-refractivity contribution is -0.402. The molecule has 0 amide bonds. The third-order valence-electron chi connectivity index (χ3n) is 3.61. The predicted octanol–water partition coefficient (Wildman–Crippen LogP) is 3.30. The third-order valence-corrected chi connectivity index (χ3v) is 3.61.